The van der Waals surface area contributed by atoms with Crippen LogP contribution in [0.4, 0.5) is 5.82 Å². The van der Waals surface area contributed by atoms with E-state index in [0.717, 1.165) is 13.1 Å². The van der Waals surface area contributed by atoms with E-state index >= 15 is 0 Å². The topological polar surface area (TPSA) is 61.0 Å². The molecule has 0 bridgehead atoms. The Morgan fingerprint density at radius 2 is 2.29 bits per heavy atom. The molecule has 1 aromatic rings. The van der Waals surface area contributed by atoms with Crippen LogP contribution in [0, 0.1) is 5.92 Å². The van der Waals surface area contributed by atoms with Crippen molar-refractivity contribution in [2.24, 2.45) is 5.92 Å². The second kappa shape index (κ2) is 5.82. The Morgan fingerprint density at radius 1 is 1.53 bits per heavy atom. The summed E-state index contributed by atoms with van der Waals surface area (Å²) in [6.45, 7) is 6.51. The summed E-state index contributed by atoms with van der Waals surface area (Å²) >= 11 is 0. The molecule has 0 radical (unpaired) electrons. The van der Waals surface area contributed by atoms with E-state index in [1.54, 1.807) is 12.4 Å². The maximum absolute atomic E-state index is 11.4. The van der Waals surface area contributed by atoms with Crippen LogP contribution in [0.5, 0.6) is 0 Å². The number of anilines is 1. The van der Waals surface area contributed by atoms with Crippen LogP contribution in [0.15, 0.2) is 17.2 Å². The minimum Gasteiger partial charge on any atom is -0.365 e. The number of nitrogens with one attached hydrogen (secondary N) is 2. The van der Waals surface area contributed by atoms with Gasteiger partial charge in [0.2, 0.25) is 0 Å². The van der Waals surface area contributed by atoms with Gasteiger partial charge in [0.1, 0.15) is 0 Å². The van der Waals surface area contributed by atoms with Gasteiger partial charge in [-0.15, -0.1) is 0 Å². The van der Waals surface area contributed by atoms with Crippen molar-refractivity contribution >= 4 is 5.82 Å². The van der Waals surface area contributed by atoms with Gasteiger partial charge in [0.15, 0.2) is 5.82 Å². The van der Waals surface area contributed by atoms with Gasteiger partial charge in [-0.05, 0) is 31.8 Å². The summed E-state index contributed by atoms with van der Waals surface area (Å²) in [7, 11) is 0. The second-order valence-electron chi connectivity index (χ2n) is 4.76. The Bertz CT molecular complexity index is 397. The normalized spacial score (nSPS) is 18.2. The maximum atomic E-state index is 11.4. The lowest BCUT2D eigenvalue weighted by Crippen LogP contribution is -2.30. The first-order valence-electron chi connectivity index (χ1n) is 6.25. The highest BCUT2D eigenvalue weighted by Gasteiger charge is 2.14. The minimum atomic E-state index is -0.152. The fourth-order valence-corrected chi connectivity index (χ4v) is 2.22. The molecule has 94 valence electrons. The van der Waals surface area contributed by atoms with Crippen LogP contribution in [-0.2, 0) is 0 Å². The molecule has 1 unspecified atom stereocenters. The van der Waals surface area contributed by atoms with Crippen LogP contribution < -0.4 is 10.9 Å². The number of rotatable bonds is 5. The van der Waals surface area contributed by atoms with Crippen molar-refractivity contribution in [3.63, 3.8) is 0 Å². The average Bonchev–Trinajstić information content (AvgIpc) is 2.81. The van der Waals surface area contributed by atoms with Crippen molar-refractivity contribution in [3.05, 3.63) is 22.7 Å². The monoisotopic (exact) mass is 236 g/mol. The molecular weight excluding hydrogens is 216 g/mol. The summed E-state index contributed by atoms with van der Waals surface area (Å²) in [5.41, 5.74) is -0.152. The molecular formula is C12H20N4O. The van der Waals surface area contributed by atoms with Crippen molar-refractivity contribution in [2.75, 3.05) is 31.5 Å². The molecule has 0 amide bonds. The molecule has 5 heteroatoms. The molecule has 1 aromatic heterocycles. The molecule has 17 heavy (non-hydrogen) atoms. The quantitative estimate of drug-likeness (QED) is 0.798. The van der Waals surface area contributed by atoms with Crippen molar-refractivity contribution in [1.29, 1.82) is 0 Å². The van der Waals surface area contributed by atoms with Crippen LogP contribution >= 0.6 is 0 Å². The predicted octanol–water partition coefficient (Wildman–Crippen LogP) is 0.914. The molecule has 1 atom stereocenters. The van der Waals surface area contributed by atoms with E-state index in [9.17, 15) is 4.79 Å². The van der Waals surface area contributed by atoms with Gasteiger partial charge in [-0.1, -0.05) is 6.92 Å². The predicted molar refractivity (Wildman–Crippen MR) is 68.2 cm³/mol. The standard InChI is InChI=1S/C12H20N4O/c1-10(9-16-6-2-3-7-16)8-15-11-12(17)14-5-4-13-11/h4-5,10H,2-3,6-9H2,1H3,(H,13,15)(H,14,17). The number of likely N-dealkylation sites (tertiary alicyclic amines) is 1. The number of aromatic nitrogens is 2. The molecule has 2 heterocycles. The Labute approximate surface area is 101 Å². The third kappa shape index (κ3) is 3.56. The average molecular weight is 236 g/mol. The van der Waals surface area contributed by atoms with Crippen LogP contribution in [-0.4, -0.2) is 41.0 Å². The van der Waals surface area contributed by atoms with E-state index < -0.39 is 0 Å². The number of nitrogens with zero attached hydrogens (tertiary/aromatic N) is 2. The minimum absolute atomic E-state index is 0.152. The number of H-pyrrole nitrogens is 1. The van der Waals surface area contributed by atoms with Gasteiger partial charge in [-0.3, -0.25) is 4.79 Å². The molecule has 0 spiro atoms. The molecule has 1 saturated heterocycles. The fraction of sp³-hybridized carbons (Fsp3) is 0.667. The lowest BCUT2D eigenvalue weighted by molar-refractivity contribution is 0.294. The molecule has 5 nitrogen and oxygen atoms in total. The summed E-state index contributed by atoms with van der Waals surface area (Å²) in [5.74, 6) is 0.940. The summed E-state index contributed by atoms with van der Waals surface area (Å²) in [6.07, 6.45) is 5.77. The zero-order valence-corrected chi connectivity index (χ0v) is 10.3. The zero-order chi connectivity index (χ0) is 12.1. The van der Waals surface area contributed by atoms with E-state index in [1.165, 1.54) is 25.9 Å². The molecule has 0 aromatic carbocycles. The molecule has 1 aliphatic heterocycles. The van der Waals surface area contributed by atoms with Crippen LogP contribution in [0.1, 0.15) is 19.8 Å². The van der Waals surface area contributed by atoms with Gasteiger partial charge in [-0.25, -0.2) is 4.98 Å². The molecule has 2 rings (SSSR count). The van der Waals surface area contributed by atoms with Gasteiger partial charge in [0, 0.05) is 25.5 Å². The maximum Gasteiger partial charge on any atom is 0.290 e. The van der Waals surface area contributed by atoms with Crippen molar-refractivity contribution in [3.8, 4) is 0 Å². The van der Waals surface area contributed by atoms with E-state index in [0.29, 0.717) is 11.7 Å². The van der Waals surface area contributed by atoms with E-state index in [1.807, 2.05) is 0 Å². The third-order valence-electron chi connectivity index (χ3n) is 3.09. The van der Waals surface area contributed by atoms with Crippen LogP contribution in [0.3, 0.4) is 0 Å². The van der Waals surface area contributed by atoms with Gasteiger partial charge >= 0.3 is 0 Å². The van der Waals surface area contributed by atoms with Crippen LogP contribution in [0.25, 0.3) is 0 Å². The van der Waals surface area contributed by atoms with E-state index in [-0.39, 0.29) is 5.56 Å². The van der Waals surface area contributed by atoms with Gasteiger partial charge in [-0.2, -0.15) is 0 Å². The third-order valence-corrected chi connectivity index (χ3v) is 3.09. The van der Waals surface area contributed by atoms with Crippen molar-refractivity contribution in [1.82, 2.24) is 14.9 Å². The number of aromatic amines is 1. The lowest BCUT2D eigenvalue weighted by Gasteiger charge is -2.20. The lowest BCUT2D eigenvalue weighted by atomic mass is 10.1. The van der Waals surface area contributed by atoms with Crippen molar-refractivity contribution in [2.45, 2.75) is 19.8 Å². The highest BCUT2D eigenvalue weighted by Crippen LogP contribution is 2.10. The van der Waals surface area contributed by atoms with Gasteiger partial charge < -0.3 is 15.2 Å². The molecule has 1 fully saturated rings. The summed E-state index contributed by atoms with van der Waals surface area (Å²) < 4.78 is 0. The smallest absolute Gasteiger partial charge is 0.290 e. The molecule has 0 aliphatic carbocycles. The van der Waals surface area contributed by atoms with Gasteiger partial charge in [0.25, 0.3) is 5.56 Å². The second-order valence-corrected chi connectivity index (χ2v) is 4.76. The summed E-state index contributed by atoms with van der Waals surface area (Å²) in [4.78, 5) is 20.5. The van der Waals surface area contributed by atoms with E-state index in [4.69, 9.17) is 0 Å². The summed E-state index contributed by atoms with van der Waals surface area (Å²) in [6, 6.07) is 0. The Kier molecular flexibility index (Phi) is 4.14. The number of hydrogen-bond acceptors (Lipinski definition) is 4. The molecule has 0 saturated carbocycles. The first-order valence-corrected chi connectivity index (χ1v) is 6.25. The van der Waals surface area contributed by atoms with Crippen LogP contribution in [0.2, 0.25) is 0 Å². The Hall–Kier alpha value is -1.36. The highest BCUT2D eigenvalue weighted by molar-refractivity contribution is 5.29. The SMILES string of the molecule is CC(CNc1ncc[nH]c1=O)CN1CCCC1. The van der Waals surface area contributed by atoms with E-state index in [2.05, 4.69) is 27.1 Å². The highest BCUT2D eigenvalue weighted by atomic mass is 16.1. The van der Waals surface area contributed by atoms with Crippen molar-refractivity contribution < 1.29 is 0 Å². The fourth-order valence-electron chi connectivity index (χ4n) is 2.22. The first-order chi connectivity index (χ1) is 8.25. The Morgan fingerprint density at radius 3 is 3.00 bits per heavy atom. The Balaban J connectivity index is 1.77. The largest absolute Gasteiger partial charge is 0.365 e. The molecule has 1 aliphatic rings. The number of hydrogen-bond donors (Lipinski definition) is 2. The first kappa shape index (κ1) is 12.1. The van der Waals surface area contributed by atoms with Gasteiger partial charge in [0.05, 0.1) is 0 Å². The summed E-state index contributed by atoms with van der Waals surface area (Å²) in [5, 5.41) is 3.11. The zero-order valence-electron chi connectivity index (χ0n) is 10.3. The molecule has 2 N–H and O–H groups in total.